The summed E-state index contributed by atoms with van der Waals surface area (Å²) in [4.78, 5) is 2.14. The second kappa shape index (κ2) is 6.59. The number of nitrogens with zero attached hydrogens (tertiary/aromatic N) is 1. The van der Waals surface area contributed by atoms with E-state index in [0.29, 0.717) is 13.2 Å². The van der Waals surface area contributed by atoms with E-state index in [0.717, 1.165) is 18.7 Å². The van der Waals surface area contributed by atoms with Gasteiger partial charge in [0, 0.05) is 18.7 Å². The van der Waals surface area contributed by atoms with Gasteiger partial charge in [0.05, 0.1) is 32.3 Å². The van der Waals surface area contributed by atoms with E-state index in [1.54, 1.807) is 12.5 Å². The Morgan fingerprint density at radius 1 is 1.50 bits per heavy atom. The Labute approximate surface area is 84.1 Å². The first-order chi connectivity index (χ1) is 6.83. The van der Waals surface area contributed by atoms with Gasteiger partial charge in [0.15, 0.2) is 0 Å². The summed E-state index contributed by atoms with van der Waals surface area (Å²) in [6.45, 7) is 2.87. The predicted molar refractivity (Wildman–Crippen MR) is 52.9 cm³/mol. The smallest absolute Gasteiger partial charge is 0.0947 e. The lowest BCUT2D eigenvalue weighted by atomic mass is 10.3. The fourth-order valence-corrected chi connectivity index (χ4v) is 1.16. The second-order valence-corrected chi connectivity index (χ2v) is 3.21. The quantitative estimate of drug-likeness (QED) is 0.657. The Bertz CT molecular complexity index is 223. The van der Waals surface area contributed by atoms with E-state index in [9.17, 15) is 0 Å². The van der Waals surface area contributed by atoms with Crippen molar-refractivity contribution in [3.8, 4) is 0 Å². The summed E-state index contributed by atoms with van der Waals surface area (Å²) in [5.41, 5.74) is 1.16. The first-order valence-corrected chi connectivity index (χ1v) is 4.71. The SMILES string of the molecule is CN(CCOCCO)Cc1ccoc1. The molecule has 0 fully saturated rings. The topological polar surface area (TPSA) is 45.8 Å². The normalized spacial score (nSPS) is 11.1. The van der Waals surface area contributed by atoms with Gasteiger partial charge >= 0.3 is 0 Å². The van der Waals surface area contributed by atoms with Crippen molar-refractivity contribution in [2.75, 3.05) is 33.4 Å². The van der Waals surface area contributed by atoms with Crippen molar-refractivity contribution in [2.24, 2.45) is 0 Å². The van der Waals surface area contributed by atoms with Crippen molar-refractivity contribution >= 4 is 0 Å². The molecule has 0 aliphatic carbocycles. The molecule has 0 spiro atoms. The van der Waals surface area contributed by atoms with E-state index in [4.69, 9.17) is 14.3 Å². The molecule has 4 nitrogen and oxygen atoms in total. The number of hydrogen-bond donors (Lipinski definition) is 1. The van der Waals surface area contributed by atoms with E-state index < -0.39 is 0 Å². The van der Waals surface area contributed by atoms with Gasteiger partial charge in [-0.25, -0.2) is 0 Å². The molecule has 14 heavy (non-hydrogen) atoms. The highest BCUT2D eigenvalue weighted by Gasteiger charge is 2.00. The van der Waals surface area contributed by atoms with Crippen molar-refractivity contribution in [3.63, 3.8) is 0 Å². The molecule has 0 aliphatic heterocycles. The van der Waals surface area contributed by atoms with Crippen LogP contribution in [0.25, 0.3) is 0 Å². The van der Waals surface area contributed by atoms with Crippen LogP contribution in [-0.4, -0.2) is 43.4 Å². The lowest BCUT2D eigenvalue weighted by molar-refractivity contribution is 0.0772. The van der Waals surface area contributed by atoms with Crippen molar-refractivity contribution < 1.29 is 14.3 Å². The zero-order valence-electron chi connectivity index (χ0n) is 8.48. The van der Waals surface area contributed by atoms with Crippen LogP contribution in [0.1, 0.15) is 5.56 Å². The minimum Gasteiger partial charge on any atom is -0.472 e. The molecule has 0 amide bonds. The maximum Gasteiger partial charge on any atom is 0.0947 e. The third-order valence-electron chi connectivity index (χ3n) is 1.89. The molecule has 1 aromatic rings. The molecule has 80 valence electrons. The van der Waals surface area contributed by atoms with Crippen molar-refractivity contribution in [1.82, 2.24) is 4.90 Å². The van der Waals surface area contributed by atoms with Crippen LogP contribution >= 0.6 is 0 Å². The van der Waals surface area contributed by atoms with Gasteiger partial charge in [-0.1, -0.05) is 0 Å². The van der Waals surface area contributed by atoms with Gasteiger partial charge < -0.3 is 14.3 Å². The minimum absolute atomic E-state index is 0.0887. The minimum atomic E-state index is 0.0887. The number of likely N-dealkylation sites (N-methyl/N-ethyl adjacent to an activating group) is 1. The Morgan fingerprint density at radius 3 is 3.00 bits per heavy atom. The number of hydrogen-bond acceptors (Lipinski definition) is 4. The third-order valence-corrected chi connectivity index (χ3v) is 1.89. The Hall–Kier alpha value is -0.840. The number of aliphatic hydroxyl groups is 1. The van der Waals surface area contributed by atoms with Crippen LogP contribution < -0.4 is 0 Å². The van der Waals surface area contributed by atoms with Gasteiger partial charge in [-0.3, -0.25) is 4.90 Å². The van der Waals surface area contributed by atoms with E-state index in [1.165, 1.54) is 0 Å². The van der Waals surface area contributed by atoms with E-state index in [-0.39, 0.29) is 6.61 Å². The molecule has 1 rings (SSSR count). The van der Waals surface area contributed by atoms with Crippen molar-refractivity contribution in [2.45, 2.75) is 6.54 Å². The first-order valence-electron chi connectivity index (χ1n) is 4.71. The molecule has 1 N–H and O–H groups in total. The molecule has 0 radical (unpaired) electrons. The summed E-state index contributed by atoms with van der Waals surface area (Å²) in [6.07, 6.45) is 3.41. The molecule has 0 atom stereocenters. The van der Waals surface area contributed by atoms with E-state index in [1.807, 2.05) is 13.1 Å². The van der Waals surface area contributed by atoms with Crippen LogP contribution in [0.2, 0.25) is 0 Å². The van der Waals surface area contributed by atoms with Crippen LogP contribution in [0.5, 0.6) is 0 Å². The average molecular weight is 199 g/mol. The monoisotopic (exact) mass is 199 g/mol. The third kappa shape index (κ3) is 4.41. The Balaban J connectivity index is 2.07. The lowest BCUT2D eigenvalue weighted by Crippen LogP contribution is -2.23. The molecule has 0 unspecified atom stereocenters. The van der Waals surface area contributed by atoms with Crippen molar-refractivity contribution in [1.29, 1.82) is 0 Å². The number of rotatable bonds is 7. The zero-order valence-corrected chi connectivity index (χ0v) is 8.48. The van der Waals surface area contributed by atoms with Gasteiger partial charge in [-0.05, 0) is 13.1 Å². The maximum atomic E-state index is 8.49. The maximum absolute atomic E-state index is 8.49. The Kier molecular flexibility index (Phi) is 5.29. The van der Waals surface area contributed by atoms with Crippen LogP contribution in [0, 0.1) is 0 Å². The van der Waals surface area contributed by atoms with Gasteiger partial charge in [-0.2, -0.15) is 0 Å². The zero-order chi connectivity index (χ0) is 10.2. The number of ether oxygens (including phenoxy) is 1. The summed E-state index contributed by atoms with van der Waals surface area (Å²) in [5, 5.41) is 8.49. The predicted octanol–water partition coefficient (Wildman–Crippen LogP) is 0.720. The molecule has 0 saturated heterocycles. The van der Waals surface area contributed by atoms with E-state index in [2.05, 4.69) is 4.90 Å². The van der Waals surface area contributed by atoms with Crippen LogP contribution in [0.4, 0.5) is 0 Å². The van der Waals surface area contributed by atoms with Gasteiger partial charge in [-0.15, -0.1) is 0 Å². The largest absolute Gasteiger partial charge is 0.472 e. The highest BCUT2D eigenvalue weighted by Crippen LogP contribution is 2.02. The number of aliphatic hydroxyl groups excluding tert-OH is 1. The first kappa shape index (κ1) is 11.2. The van der Waals surface area contributed by atoms with Gasteiger partial charge in [0.1, 0.15) is 0 Å². The highest BCUT2D eigenvalue weighted by atomic mass is 16.5. The standard InChI is InChI=1S/C10H17NO3/c1-11(3-6-13-7-4-12)8-10-2-5-14-9-10/h2,5,9,12H,3-4,6-8H2,1H3. The summed E-state index contributed by atoms with van der Waals surface area (Å²) in [5.74, 6) is 0. The molecule has 0 aliphatic rings. The number of furan rings is 1. The second-order valence-electron chi connectivity index (χ2n) is 3.21. The van der Waals surface area contributed by atoms with E-state index >= 15 is 0 Å². The van der Waals surface area contributed by atoms with Crippen LogP contribution in [0.15, 0.2) is 23.0 Å². The lowest BCUT2D eigenvalue weighted by Gasteiger charge is -2.14. The van der Waals surface area contributed by atoms with Crippen LogP contribution in [-0.2, 0) is 11.3 Å². The molecule has 1 aromatic heterocycles. The summed E-state index contributed by atoms with van der Waals surface area (Å²) < 4.78 is 10.1. The van der Waals surface area contributed by atoms with Crippen molar-refractivity contribution in [3.05, 3.63) is 24.2 Å². The van der Waals surface area contributed by atoms with Gasteiger partial charge in [0.25, 0.3) is 0 Å². The molecular formula is C10H17NO3. The molecule has 0 aromatic carbocycles. The fraction of sp³-hybridized carbons (Fsp3) is 0.600. The molecule has 1 heterocycles. The Morgan fingerprint density at radius 2 is 2.36 bits per heavy atom. The summed E-state index contributed by atoms with van der Waals surface area (Å²) in [6, 6.07) is 1.95. The molecule has 0 bridgehead atoms. The molecular weight excluding hydrogens is 182 g/mol. The van der Waals surface area contributed by atoms with Crippen LogP contribution in [0.3, 0.4) is 0 Å². The molecule has 0 saturated carbocycles. The van der Waals surface area contributed by atoms with Gasteiger partial charge in [0.2, 0.25) is 0 Å². The summed E-state index contributed by atoms with van der Waals surface area (Å²) in [7, 11) is 2.02. The summed E-state index contributed by atoms with van der Waals surface area (Å²) >= 11 is 0. The average Bonchev–Trinajstić information content (AvgIpc) is 2.65. The fourth-order valence-electron chi connectivity index (χ4n) is 1.16. The highest BCUT2D eigenvalue weighted by molar-refractivity contribution is 5.04. The molecule has 4 heteroatoms.